The van der Waals surface area contributed by atoms with Crippen molar-refractivity contribution in [2.45, 2.75) is 13.0 Å². The summed E-state index contributed by atoms with van der Waals surface area (Å²) in [5.41, 5.74) is 0.702. The van der Waals surface area contributed by atoms with Gasteiger partial charge >= 0.3 is 0 Å². The minimum Gasteiger partial charge on any atom is -0.381 e. The average Bonchev–Trinajstić information content (AvgIpc) is 2.95. The number of ether oxygens (including phenoxy) is 1. The number of nitriles is 1. The van der Waals surface area contributed by atoms with Gasteiger partial charge in [-0.1, -0.05) is 11.6 Å². The fraction of sp³-hybridized carbons (Fsp3) is 0.333. The lowest BCUT2D eigenvalue weighted by atomic mass is 10.1. The molecule has 1 fully saturated rings. The number of hydrogen-bond acceptors (Lipinski definition) is 3. The molecule has 2 aromatic rings. The first-order chi connectivity index (χ1) is 9.69. The molecule has 20 heavy (non-hydrogen) atoms. The SMILES string of the molecule is N#Cc1cn(CC2CCOC2)c2ccc(Cl)cc2c1=O. The normalized spacial score (nSPS) is 18.3. The monoisotopic (exact) mass is 288 g/mol. The fourth-order valence-corrected chi connectivity index (χ4v) is 2.78. The lowest BCUT2D eigenvalue weighted by molar-refractivity contribution is 0.182. The zero-order valence-electron chi connectivity index (χ0n) is 10.8. The van der Waals surface area contributed by atoms with E-state index in [2.05, 4.69) is 0 Å². The van der Waals surface area contributed by atoms with Crippen molar-refractivity contribution >= 4 is 22.5 Å². The maximum absolute atomic E-state index is 12.2. The van der Waals surface area contributed by atoms with Gasteiger partial charge in [-0.3, -0.25) is 4.79 Å². The highest BCUT2D eigenvalue weighted by molar-refractivity contribution is 6.31. The van der Waals surface area contributed by atoms with Gasteiger partial charge in [0.2, 0.25) is 5.43 Å². The summed E-state index contributed by atoms with van der Waals surface area (Å²) in [7, 11) is 0. The molecule has 0 saturated carbocycles. The van der Waals surface area contributed by atoms with Gasteiger partial charge in [0.15, 0.2) is 0 Å². The smallest absolute Gasteiger partial charge is 0.207 e. The Morgan fingerprint density at radius 3 is 3.05 bits per heavy atom. The summed E-state index contributed by atoms with van der Waals surface area (Å²) < 4.78 is 7.34. The Morgan fingerprint density at radius 1 is 1.50 bits per heavy atom. The maximum atomic E-state index is 12.2. The number of benzene rings is 1. The van der Waals surface area contributed by atoms with Crippen LogP contribution in [0, 0.1) is 17.2 Å². The molecule has 102 valence electrons. The molecule has 0 amide bonds. The first-order valence-corrected chi connectivity index (χ1v) is 6.87. The highest BCUT2D eigenvalue weighted by Gasteiger charge is 2.18. The Kier molecular flexibility index (Phi) is 3.47. The predicted octanol–water partition coefficient (Wildman–Crippen LogP) is 2.56. The van der Waals surface area contributed by atoms with E-state index in [4.69, 9.17) is 21.6 Å². The van der Waals surface area contributed by atoms with E-state index in [0.717, 1.165) is 31.7 Å². The Bertz CT molecular complexity index is 755. The number of rotatable bonds is 2. The van der Waals surface area contributed by atoms with Crippen LogP contribution in [0.1, 0.15) is 12.0 Å². The molecule has 1 aromatic heterocycles. The van der Waals surface area contributed by atoms with Gasteiger partial charge in [-0.25, -0.2) is 0 Å². The zero-order chi connectivity index (χ0) is 14.1. The van der Waals surface area contributed by atoms with Crippen LogP contribution in [0.25, 0.3) is 10.9 Å². The first kappa shape index (κ1) is 13.2. The van der Waals surface area contributed by atoms with Crippen molar-refractivity contribution in [2.24, 2.45) is 5.92 Å². The van der Waals surface area contributed by atoms with Gasteiger partial charge in [0.25, 0.3) is 0 Å². The van der Waals surface area contributed by atoms with Gasteiger partial charge in [0.1, 0.15) is 11.6 Å². The third kappa shape index (κ3) is 2.31. The van der Waals surface area contributed by atoms with Crippen LogP contribution in [0.4, 0.5) is 0 Å². The van der Waals surface area contributed by atoms with Crippen molar-refractivity contribution in [3.63, 3.8) is 0 Å². The topological polar surface area (TPSA) is 55.0 Å². The van der Waals surface area contributed by atoms with Crippen LogP contribution in [0.3, 0.4) is 0 Å². The highest BCUT2D eigenvalue weighted by Crippen LogP contribution is 2.21. The summed E-state index contributed by atoms with van der Waals surface area (Å²) in [5, 5.41) is 10.1. The van der Waals surface area contributed by atoms with Crippen molar-refractivity contribution in [3.8, 4) is 6.07 Å². The van der Waals surface area contributed by atoms with Gasteiger partial charge < -0.3 is 9.30 Å². The van der Waals surface area contributed by atoms with Gasteiger partial charge in [-0.05, 0) is 24.6 Å². The van der Waals surface area contributed by atoms with Crippen LogP contribution >= 0.6 is 11.6 Å². The van der Waals surface area contributed by atoms with Crippen LogP contribution in [-0.4, -0.2) is 17.8 Å². The van der Waals surface area contributed by atoms with Crippen molar-refractivity contribution in [3.05, 3.63) is 45.2 Å². The van der Waals surface area contributed by atoms with Gasteiger partial charge in [0.05, 0.1) is 12.1 Å². The zero-order valence-corrected chi connectivity index (χ0v) is 11.6. The quantitative estimate of drug-likeness (QED) is 0.853. The van der Waals surface area contributed by atoms with E-state index >= 15 is 0 Å². The van der Waals surface area contributed by atoms with Gasteiger partial charge in [-0.15, -0.1) is 0 Å². The number of nitrogens with zero attached hydrogens (tertiary/aromatic N) is 2. The second-order valence-electron chi connectivity index (χ2n) is 5.03. The van der Waals surface area contributed by atoms with E-state index in [1.807, 2.05) is 16.7 Å². The molecule has 0 spiro atoms. The second kappa shape index (κ2) is 5.28. The van der Waals surface area contributed by atoms with E-state index in [-0.39, 0.29) is 11.0 Å². The molecule has 4 nitrogen and oxygen atoms in total. The average molecular weight is 289 g/mol. The first-order valence-electron chi connectivity index (χ1n) is 6.49. The molecule has 3 rings (SSSR count). The molecule has 0 N–H and O–H groups in total. The largest absolute Gasteiger partial charge is 0.381 e. The summed E-state index contributed by atoms with van der Waals surface area (Å²) in [6, 6.07) is 7.18. The van der Waals surface area contributed by atoms with Gasteiger partial charge in [-0.2, -0.15) is 5.26 Å². The molecule has 1 atom stereocenters. The number of halogens is 1. The number of hydrogen-bond donors (Lipinski definition) is 0. The molecule has 5 heteroatoms. The summed E-state index contributed by atoms with van der Waals surface area (Å²) in [5.74, 6) is 0.419. The summed E-state index contributed by atoms with van der Waals surface area (Å²) in [4.78, 5) is 12.2. The van der Waals surface area contributed by atoms with Crippen LogP contribution in [0.15, 0.2) is 29.2 Å². The Balaban J connectivity index is 2.17. The number of aromatic nitrogens is 1. The third-order valence-corrected chi connectivity index (χ3v) is 3.88. The second-order valence-corrected chi connectivity index (χ2v) is 5.46. The lowest BCUT2D eigenvalue weighted by Gasteiger charge is -2.15. The van der Waals surface area contributed by atoms with Gasteiger partial charge in [0, 0.05) is 35.7 Å². The molecular weight excluding hydrogens is 276 g/mol. The standard InChI is InChI=1S/C15H13ClN2O2/c16-12-1-2-14-13(5-12)15(19)11(6-17)8-18(14)7-10-3-4-20-9-10/h1-2,5,8,10H,3-4,7,9H2. The lowest BCUT2D eigenvalue weighted by Crippen LogP contribution is -2.17. The van der Waals surface area contributed by atoms with Crippen molar-refractivity contribution < 1.29 is 4.74 Å². The molecule has 0 bridgehead atoms. The van der Waals surface area contributed by atoms with E-state index < -0.39 is 0 Å². The van der Waals surface area contributed by atoms with Crippen LogP contribution in [-0.2, 0) is 11.3 Å². The molecule has 1 aliphatic rings. The molecule has 2 heterocycles. The minimum atomic E-state index is -0.260. The maximum Gasteiger partial charge on any atom is 0.207 e. The predicted molar refractivity (Wildman–Crippen MR) is 76.9 cm³/mol. The summed E-state index contributed by atoms with van der Waals surface area (Å²) >= 11 is 5.96. The van der Waals surface area contributed by atoms with Crippen LogP contribution in [0.2, 0.25) is 5.02 Å². The van der Waals surface area contributed by atoms with E-state index in [1.165, 1.54) is 0 Å². The van der Waals surface area contributed by atoms with Crippen molar-refractivity contribution in [2.75, 3.05) is 13.2 Å². The Hall–Kier alpha value is -1.83. The summed E-state index contributed by atoms with van der Waals surface area (Å²) in [6.07, 6.45) is 2.64. The van der Waals surface area contributed by atoms with E-state index in [1.54, 1.807) is 18.3 Å². The van der Waals surface area contributed by atoms with Crippen molar-refractivity contribution in [1.29, 1.82) is 5.26 Å². The molecule has 0 radical (unpaired) electrons. The Morgan fingerprint density at radius 2 is 2.35 bits per heavy atom. The Labute approximate surface area is 121 Å². The minimum absolute atomic E-state index is 0.152. The molecule has 1 aliphatic heterocycles. The number of fused-ring (bicyclic) bond motifs is 1. The van der Waals surface area contributed by atoms with E-state index in [0.29, 0.717) is 16.3 Å². The van der Waals surface area contributed by atoms with Crippen LogP contribution < -0.4 is 5.43 Å². The third-order valence-electron chi connectivity index (χ3n) is 3.64. The molecular formula is C15H13ClN2O2. The highest BCUT2D eigenvalue weighted by atomic mass is 35.5. The molecule has 1 saturated heterocycles. The molecule has 1 unspecified atom stereocenters. The molecule has 1 aromatic carbocycles. The van der Waals surface area contributed by atoms with Crippen LogP contribution in [0.5, 0.6) is 0 Å². The number of pyridine rings is 1. The summed E-state index contributed by atoms with van der Waals surface area (Å²) in [6.45, 7) is 2.25. The fourth-order valence-electron chi connectivity index (χ4n) is 2.61. The van der Waals surface area contributed by atoms with Crippen molar-refractivity contribution in [1.82, 2.24) is 4.57 Å². The van der Waals surface area contributed by atoms with E-state index in [9.17, 15) is 4.79 Å². The molecule has 0 aliphatic carbocycles.